The predicted molar refractivity (Wildman–Crippen MR) is 537 cm³/mol. The molecule has 4 nitrogen and oxygen atoms in total. The molecule has 12 atom stereocenters. The summed E-state index contributed by atoms with van der Waals surface area (Å²) in [5, 5.41) is 0.311. The van der Waals surface area contributed by atoms with Crippen LogP contribution in [0.1, 0.15) is 255 Å². The molecule has 0 bridgehead atoms. The Kier molecular flexibility index (Phi) is 19.9. The van der Waals surface area contributed by atoms with Gasteiger partial charge >= 0.3 is 678 Å². The van der Waals surface area contributed by atoms with Crippen LogP contribution in [0.15, 0.2) is 261 Å². The summed E-state index contributed by atoms with van der Waals surface area (Å²) >= 11 is -7.90. The monoisotopic (exact) mass is 1860 g/mol. The van der Waals surface area contributed by atoms with Crippen LogP contribution >= 0.6 is 17.0 Å². The molecule has 123 heavy (non-hydrogen) atoms. The fraction of sp³-hybridized carbons (Fsp3) is 0.491. The Morgan fingerprint density at radius 1 is 0.325 bits per heavy atom. The molecule has 2 saturated heterocycles. The quantitative estimate of drug-likeness (QED) is 0.133. The number of hydrogen-bond donors (Lipinski definition) is 0. The minimum absolute atomic E-state index is 0.0777. The van der Waals surface area contributed by atoms with Gasteiger partial charge in [-0.2, -0.15) is 0 Å². The summed E-state index contributed by atoms with van der Waals surface area (Å²) in [4.78, 5) is 0. The van der Waals surface area contributed by atoms with Gasteiger partial charge in [-0.05, 0) is 0 Å². The molecule has 2 heterocycles. The third kappa shape index (κ3) is 10.8. The van der Waals surface area contributed by atoms with E-state index >= 15 is 0 Å². The fourth-order valence-corrected chi connectivity index (χ4v) is 160. The van der Waals surface area contributed by atoms with Crippen molar-refractivity contribution in [3.8, 4) is 0 Å². The van der Waals surface area contributed by atoms with E-state index in [1.165, 1.54) is 134 Å². The summed E-state index contributed by atoms with van der Waals surface area (Å²) in [6.45, 7) is 73.5. The molecule has 13 heteroatoms. The molecule has 4 aromatic carbocycles. The molecule has 650 valence electrons. The molecule has 12 unspecified atom stereocenters. The molecule has 18 rings (SSSR count). The molecule has 0 N–H and O–H groups in total. The Hall–Kier alpha value is -4.68. The molecular formula is C110H144Cl2O4Si6Zr. The minimum atomic E-state index is -7.90. The minimum Gasteiger partial charge on any atom is -0.0604 e. The molecule has 0 aromatic heterocycles. The summed E-state index contributed by atoms with van der Waals surface area (Å²) in [5.41, 5.74) is 31.6. The average molecular weight is 1860 g/mol. The number of benzene rings is 4. The van der Waals surface area contributed by atoms with Gasteiger partial charge in [0, 0.05) is 0 Å². The molecule has 2 aliphatic heterocycles. The van der Waals surface area contributed by atoms with Gasteiger partial charge in [-0.15, -0.1) is 0 Å². The zero-order chi connectivity index (χ0) is 88.8. The van der Waals surface area contributed by atoms with Crippen LogP contribution in [0.2, 0.25) is 96.6 Å². The number of aryl methyl sites for hydroxylation is 4. The fourth-order valence-electron chi connectivity index (χ4n) is 29.3. The molecular weight excluding hydrogens is 1720 g/mol. The Labute approximate surface area is 754 Å². The Bertz CT molecular complexity index is 5180. The van der Waals surface area contributed by atoms with E-state index in [1.807, 2.05) is 0 Å². The Morgan fingerprint density at radius 2 is 0.520 bits per heavy atom. The van der Waals surface area contributed by atoms with E-state index in [-0.39, 0.29) is 66.2 Å². The van der Waals surface area contributed by atoms with Crippen LogP contribution in [0.3, 0.4) is 0 Å². The first-order valence-electron chi connectivity index (χ1n) is 47.2. The molecule has 0 saturated carbocycles. The Balaban J connectivity index is 0.922. The molecule has 4 aromatic rings. The maximum absolute atomic E-state index is 11.9. The van der Waals surface area contributed by atoms with Gasteiger partial charge in [0.05, 0.1) is 0 Å². The number of rotatable bonds is 12. The summed E-state index contributed by atoms with van der Waals surface area (Å²) in [7, 11) is 9.81. The molecule has 0 amide bonds. The van der Waals surface area contributed by atoms with Crippen molar-refractivity contribution in [2.75, 3.05) is 0 Å². The molecule has 12 aliphatic carbocycles. The van der Waals surface area contributed by atoms with E-state index in [9.17, 15) is 17.0 Å². The Morgan fingerprint density at radius 3 is 0.707 bits per heavy atom. The normalized spacial score (nSPS) is 34.6. The van der Waals surface area contributed by atoms with Crippen molar-refractivity contribution in [2.24, 2.45) is 0 Å². The maximum atomic E-state index is 11.9. The average Bonchev–Trinajstić information content (AvgIpc) is 1.49. The van der Waals surface area contributed by atoms with Crippen molar-refractivity contribution >= 4 is 67.9 Å². The van der Waals surface area contributed by atoms with Crippen molar-refractivity contribution in [1.29, 1.82) is 0 Å². The first-order valence-corrected chi connectivity index (χ1v) is 74.7. The summed E-state index contributed by atoms with van der Waals surface area (Å²) in [6, 6.07) is 30.3. The van der Waals surface area contributed by atoms with Crippen molar-refractivity contribution in [2.45, 2.75) is 333 Å². The van der Waals surface area contributed by atoms with Gasteiger partial charge in [0.2, 0.25) is 0 Å². The van der Waals surface area contributed by atoms with E-state index in [4.69, 9.17) is 17.7 Å². The summed E-state index contributed by atoms with van der Waals surface area (Å²) < 4.78 is 27.1. The van der Waals surface area contributed by atoms with Gasteiger partial charge in [-0.1, -0.05) is 83.1 Å². The van der Waals surface area contributed by atoms with Crippen LogP contribution in [0.5, 0.6) is 0 Å². The second kappa shape index (κ2) is 27.5. The topological polar surface area (TPSA) is 36.9 Å². The van der Waals surface area contributed by atoms with E-state index in [0.29, 0.717) is 0 Å². The van der Waals surface area contributed by atoms with Gasteiger partial charge in [0.1, 0.15) is 0 Å². The molecule has 14 aliphatic rings. The van der Waals surface area contributed by atoms with E-state index in [0.717, 1.165) is 51.4 Å². The van der Waals surface area contributed by atoms with Crippen LogP contribution in [-0.4, -0.2) is 50.9 Å². The van der Waals surface area contributed by atoms with Gasteiger partial charge < -0.3 is 0 Å². The zero-order valence-electron chi connectivity index (χ0n) is 80.5. The van der Waals surface area contributed by atoms with Crippen LogP contribution in [0.4, 0.5) is 0 Å². The standard InChI is InChI=1S/2C55H72O2Si3.2ClH.Zr/c2*1-36-32-46-42(38-24-26-48-40(34-38)28-30-54(48,9)56-59(12,13)52(3,4)5)20-16-18-22-44(46)50(36)58(11)51-37(2)33-47-43(21-17-19-23-45(47)51)39-25-27-49-41(35-39)29-31-55(49,10)57-60(14,15)53(6,7)8;;;/h2*16-27,32-35,42-43,58H,28-31H2,1-15H3;2*1H;/q;;;;+2/p-2. The van der Waals surface area contributed by atoms with Crippen LogP contribution in [0, 0.1) is 0 Å². The summed E-state index contributed by atoms with van der Waals surface area (Å²) in [5.74, 6) is -0.312. The van der Waals surface area contributed by atoms with Crippen molar-refractivity contribution < 1.29 is 32.6 Å². The van der Waals surface area contributed by atoms with Gasteiger partial charge in [-0.25, -0.2) is 0 Å². The predicted octanol–water partition coefficient (Wildman–Crippen LogP) is 31.4. The second-order valence-electron chi connectivity index (χ2n) is 48.0. The van der Waals surface area contributed by atoms with E-state index in [1.54, 1.807) is 0 Å². The number of halogens is 2. The molecule has 5 spiro atoms. The first-order chi connectivity index (χ1) is 57.0. The molecule has 2 fully saturated rings. The SMILES string of the molecule is CC1=CC2=C(C=CC=CC2c2ccc3c(c2)CCC3(C)O[Si](C)(C)C(C)(C)C)[C]12[SiH](C)[C]1(C(C)=CC3=C1C=CC=CC3c1ccc3c(c1)CCC3(C)O[Si](C)(C)C(C)(C)C)[Zr]21([Cl])([Cl])[C]2(C(C)=CC3=C2C=CC=CC3c2ccc3c(c2)CCC3(C)O[Si](C)(C)C(C)(C)C)[SiH](C)[C]12C(C)=CC1=C2C=CC=CC1c1ccc2c(c1)CCC2(C)O[Si](C)(C)C(C)(C)C. The number of allylic oxidation sites excluding steroid dienone is 32. The third-order valence-electron chi connectivity index (χ3n) is 38.0. The van der Waals surface area contributed by atoms with Crippen molar-refractivity contribution in [3.05, 3.63) is 328 Å². The number of hydrogen-bond acceptors (Lipinski definition) is 4. The number of fused-ring (bicyclic) bond motifs is 12. The van der Waals surface area contributed by atoms with E-state index in [2.05, 4.69) is 398 Å². The summed E-state index contributed by atoms with van der Waals surface area (Å²) in [6.07, 6.45) is 58.7. The van der Waals surface area contributed by atoms with Gasteiger partial charge in [-0.3, -0.25) is 0 Å². The van der Waals surface area contributed by atoms with Crippen molar-refractivity contribution in [1.82, 2.24) is 0 Å². The van der Waals surface area contributed by atoms with Crippen LogP contribution in [0.25, 0.3) is 0 Å². The van der Waals surface area contributed by atoms with Crippen LogP contribution in [-0.2, 0) is 80.7 Å². The smallest absolute Gasteiger partial charge is 0.0604 e. The second-order valence-corrected chi connectivity index (χ2v) is 107. The van der Waals surface area contributed by atoms with Crippen LogP contribution < -0.4 is 0 Å². The zero-order valence-corrected chi connectivity index (χ0v) is 90.8. The first kappa shape index (κ1) is 88.9. The molecule has 0 radical (unpaired) electrons. The van der Waals surface area contributed by atoms with E-state index < -0.39 is 76.8 Å². The van der Waals surface area contributed by atoms with Gasteiger partial charge in [0.15, 0.2) is 0 Å². The third-order valence-corrected chi connectivity index (χ3v) is 141. The van der Waals surface area contributed by atoms with Gasteiger partial charge in [0.25, 0.3) is 0 Å². The van der Waals surface area contributed by atoms with Crippen molar-refractivity contribution in [3.63, 3.8) is 0 Å².